The molecule has 0 aromatic heterocycles. The maximum Gasteiger partial charge on any atom is 0.359 e. The van der Waals surface area contributed by atoms with Crippen molar-refractivity contribution in [3.05, 3.63) is 0 Å². The monoisotopic (exact) mass is 548 g/mol. The number of esters is 1. The normalized spacial score (nSPS) is 42.5. The van der Waals surface area contributed by atoms with Gasteiger partial charge in [-0.1, -0.05) is 74.8 Å². The molecule has 0 heterocycles. The van der Waals surface area contributed by atoms with Crippen molar-refractivity contribution in [3.8, 4) is 0 Å². The SMILES string of the molecule is C[C@H](CCCC(C)(C)OC(=O)C(Cl)(Cl)Cl)[C@H]1CC[C@H]2[C@@H]3CC[C@@]4(O)CCCC[C@]4(C)[C@H]3CC[C@]12C. The van der Waals surface area contributed by atoms with Crippen molar-refractivity contribution in [1.82, 2.24) is 0 Å². The van der Waals surface area contributed by atoms with Crippen LogP contribution in [0.25, 0.3) is 0 Å². The number of ether oxygens (including phenoxy) is 1. The lowest BCUT2D eigenvalue weighted by Crippen LogP contribution is -2.61. The first-order valence-electron chi connectivity index (χ1n) is 14.2. The molecule has 0 saturated heterocycles. The molecule has 0 amide bonds. The smallest absolute Gasteiger partial charge is 0.359 e. The molecule has 8 atom stereocenters. The molecule has 1 N–H and O–H groups in total. The van der Waals surface area contributed by atoms with Gasteiger partial charge in [0.05, 0.1) is 5.60 Å². The molecule has 0 aromatic carbocycles. The van der Waals surface area contributed by atoms with E-state index in [9.17, 15) is 9.90 Å². The molecule has 4 rings (SSSR count). The summed E-state index contributed by atoms with van der Waals surface area (Å²) in [5.74, 6) is 2.89. The molecule has 0 unspecified atom stereocenters. The van der Waals surface area contributed by atoms with Crippen LogP contribution in [0.4, 0.5) is 0 Å². The Morgan fingerprint density at radius 2 is 1.69 bits per heavy atom. The number of alkyl halides is 3. The lowest BCUT2D eigenvalue weighted by atomic mass is 9.43. The third-order valence-electron chi connectivity index (χ3n) is 11.5. The van der Waals surface area contributed by atoms with Crippen molar-refractivity contribution in [2.75, 3.05) is 0 Å². The van der Waals surface area contributed by atoms with Gasteiger partial charge in [-0.05, 0) is 118 Å². The highest BCUT2D eigenvalue weighted by Crippen LogP contribution is 2.69. The predicted molar refractivity (Wildman–Crippen MR) is 145 cm³/mol. The summed E-state index contributed by atoms with van der Waals surface area (Å²) in [6.45, 7) is 11.3. The Kier molecular flexibility index (Phi) is 7.93. The van der Waals surface area contributed by atoms with Crippen LogP contribution in [0.5, 0.6) is 0 Å². The standard InChI is InChI=1S/C29H47Cl3O3/c1-19(9-8-14-25(2,3)35-24(33)29(30,31)32)21-10-11-22-20-12-18-28(34)16-7-6-15-27(28,5)23(20)13-17-26(21,22)4/h19-23,34H,6-18H2,1-5H3/t19-,20+,21-,22+,23+,26-,27-,28+/m1/s1. The number of halogens is 3. The first kappa shape index (κ1) is 28.3. The van der Waals surface area contributed by atoms with Crippen molar-refractivity contribution in [3.63, 3.8) is 0 Å². The number of rotatable bonds is 6. The Bertz CT molecular complexity index is 795. The van der Waals surface area contributed by atoms with E-state index in [4.69, 9.17) is 39.5 Å². The van der Waals surface area contributed by atoms with Crippen LogP contribution in [0.15, 0.2) is 0 Å². The molecule has 6 heteroatoms. The van der Waals surface area contributed by atoms with Gasteiger partial charge < -0.3 is 9.84 Å². The lowest BCUT2D eigenvalue weighted by molar-refractivity contribution is -0.205. The first-order valence-corrected chi connectivity index (χ1v) is 15.3. The molecule has 0 radical (unpaired) electrons. The zero-order chi connectivity index (χ0) is 25.9. The van der Waals surface area contributed by atoms with Gasteiger partial charge in [0, 0.05) is 0 Å². The van der Waals surface area contributed by atoms with E-state index in [1.807, 2.05) is 13.8 Å². The van der Waals surface area contributed by atoms with E-state index in [0.29, 0.717) is 17.3 Å². The molecule has 4 aliphatic rings. The Labute approximate surface area is 228 Å². The Morgan fingerprint density at radius 3 is 2.37 bits per heavy atom. The number of carbonyl (C=O) groups is 1. The molecule has 0 bridgehead atoms. The van der Waals surface area contributed by atoms with E-state index in [-0.39, 0.29) is 5.41 Å². The molecule has 4 saturated carbocycles. The van der Waals surface area contributed by atoms with E-state index in [0.717, 1.165) is 49.9 Å². The van der Waals surface area contributed by atoms with Gasteiger partial charge in [-0.2, -0.15) is 0 Å². The topological polar surface area (TPSA) is 46.5 Å². The zero-order valence-electron chi connectivity index (χ0n) is 22.5. The minimum Gasteiger partial charge on any atom is -0.457 e. The summed E-state index contributed by atoms with van der Waals surface area (Å²) in [5, 5.41) is 11.6. The zero-order valence-corrected chi connectivity index (χ0v) is 24.7. The van der Waals surface area contributed by atoms with Crippen LogP contribution in [0.1, 0.15) is 118 Å². The van der Waals surface area contributed by atoms with Gasteiger partial charge in [0.1, 0.15) is 5.60 Å². The number of fused-ring (bicyclic) bond motifs is 5. The second-order valence-electron chi connectivity index (χ2n) is 13.8. The van der Waals surface area contributed by atoms with Gasteiger partial charge in [-0.3, -0.25) is 0 Å². The van der Waals surface area contributed by atoms with Gasteiger partial charge in [0.15, 0.2) is 0 Å². The van der Waals surface area contributed by atoms with Gasteiger partial charge in [0.2, 0.25) is 0 Å². The minimum atomic E-state index is -2.03. The largest absolute Gasteiger partial charge is 0.457 e. The second-order valence-corrected chi connectivity index (χ2v) is 16.1. The third kappa shape index (κ3) is 5.16. The van der Waals surface area contributed by atoms with Crippen LogP contribution in [-0.4, -0.2) is 26.1 Å². The van der Waals surface area contributed by atoms with E-state index in [1.165, 1.54) is 51.4 Å². The van der Waals surface area contributed by atoms with Crippen molar-refractivity contribution in [2.45, 2.75) is 133 Å². The van der Waals surface area contributed by atoms with Crippen LogP contribution < -0.4 is 0 Å². The molecule has 0 aromatic rings. The molecule has 0 spiro atoms. The van der Waals surface area contributed by atoms with Crippen LogP contribution in [0.2, 0.25) is 0 Å². The van der Waals surface area contributed by atoms with Gasteiger partial charge in [0.25, 0.3) is 3.79 Å². The fourth-order valence-corrected chi connectivity index (χ4v) is 9.76. The quantitative estimate of drug-likeness (QED) is 0.266. The fourth-order valence-electron chi connectivity index (χ4n) is 9.64. The van der Waals surface area contributed by atoms with Crippen molar-refractivity contribution >= 4 is 40.8 Å². The van der Waals surface area contributed by atoms with Gasteiger partial charge in [-0.25, -0.2) is 4.79 Å². The Balaban J connectivity index is 1.37. The molecule has 4 fully saturated rings. The van der Waals surface area contributed by atoms with Crippen molar-refractivity contribution < 1.29 is 14.6 Å². The van der Waals surface area contributed by atoms with Crippen LogP contribution in [-0.2, 0) is 9.53 Å². The van der Waals surface area contributed by atoms with Crippen LogP contribution >= 0.6 is 34.8 Å². The molecular weight excluding hydrogens is 503 g/mol. The maximum absolute atomic E-state index is 12.0. The number of aliphatic hydroxyl groups is 1. The summed E-state index contributed by atoms with van der Waals surface area (Å²) in [6, 6.07) is 0. The van der Waals surface area contributed by atoms with E-state index < -0.39 is 21.0 Å². The summed E-state index contributed by atoms with van der Waals surface area (Å²) >= 11 is 17.1. The van der Waals surface area contributed by atoms with E-state index in [1.54, 1.807) is 0 Å². The summed E-state index contributed by atoms with van der Waals surface area (Å²) in [6.07, 6.45) is 15.1. The van der Waals surface area contributed by atoms with E-state index in [2.05, 4.69) is 20.8 Å². The molecule has 4 aliphatic carbocycles. The number of carbonyl (C=O) groups excluding carboxylic acids is 1. The number of hydrogen-bond donors (Lipinski definition) is 1. The molecule has 202 valence electrons. The third-order valence-corrected chi connectivity index (χ3v) is 12.0. The van der Waals surface area contributed by atoms with E-state index >= 15 is 0 Å². The second kappa shape index (κ2) is 9.80. The Hall–Kier alpha value is 0.300. The minimum absolute atomic E-state index is 0.120. The van der Waals surface area contributed by atoms with Crippen molar-refractivity contribution in [2.24, 2.45) is 40.4 Å². The molecule has 0 aliphatic heterocycles. The Morgan fingerprint density at radius 1 is 1.00 bits per heavy atom. The summed E-state index contributed by atoms with van der Waals surface area (Å²) < 4.78 is 3.45. The summed E-state index contributed by atoms with van der Waals surface area (Å²) in [5.41, 5.74) is -0.527. The van der Waals surface area contributed by atoms with Gasteiger partial charge in [-0.15, -0.1) is 0 Å². The maximum atomic E-state index is 12.0. The highest BCUT2D eigenvalue weighted by Gasteiger charge is 2.63. The average molecular weight is 550 g/mol. The highest BCUT2D eigenvalue weighted by atomic mass is 35.6. The summed E-state index contributed by atoms with van der Waals surface area (Å²) in [7, 11) is 0. The molecular formula is C29H47Cl3O3. The summed E-state index contributed by atoms with van der Waals surface area (Å²) in [4.78, 5) is 12.0. The predicted octanol–water partition coefficient (Wildman–Crippen LogP) is 8.65. The fraction of sp³-hybridized carbons (Fsp3) is 0.966. The molecule has 35 heavy (non-hydrogen) atoms. The van der Waals surface area contributed by atoms with Crippen LogP contribution in [0.3, 0.4) is 0 Å². The first-order chi connectivity index (χ1) is 16.1. The van der Waals surface area contributed by atoms with Crippen molar-refractivity contribution in [1.29, 1.82) is 0 Å². The number of hydrogen-bond acceptors (Lipinski definition) is 3. The van der Waals surface area contributed by atoms with Gasteiger partial charge >= 0.3 is 5.97 Å². The molecule has 3 nitrogen and oxygen atoms in total. The average Bonchev–Trinajstić information content (AvgIpc) is 3.10. The highest BCUT2D eigenvalue weighted by molar-refractivity contribution is 6.75. The van der Waals surface area contributed by atoms with Crippen LogP contribution in [0, 0.1) is 40.4 Å². The lowest BCUT2D eigenvalue weighted by Gasteiger charge is -2.63.